The topological polar surface area (TPSA) is 127 Å². The number of rotatable bonds is 4. The van der Waals surface area contributed by atoms with E-state index < -0.39 is 28.3 Å². The SMILES string of the molecule is CC1(C)OB(c2cnc(N)c(S(=O)(=O)Nc3ccc(C#N)cc3)c2)OC1(C)C. The Hall–Kier alpha value is -2.61. The minimum atomic E-state index is -4.00. The molecule has 1 saturated heterocycles. The number of pyridine rings is 1. The van der Waals surface area contributed by atoms with E-state index in [4.69, 9.17) is 20.3 Å². The van der Waals surface area contributed by atoms with Gasteiger partial charge in [-0.25, -0.2) is 13.4 Å². The summed E-state index contributed by atoms with van der Waals surface area (Å²) in [5.41, 5.74) is 5.86. The van der Waals surface area contributed by atoms with Crippen molar-refractivity contribution >= 4 is 34.1 Å². The Labute approximate surface area is 164 Å². The summed E-state index contributed by atoms with van der Waals surface area (Å²) >= 11 is 0. The molecule has 1 aliphatic rings. The summed E-state index contributed by atoms with van der Waals surface area (Å²) in [7, 11) is -4.77. The molecule has 28 heavy (non-hydrogen) atoms. The van der Waals surface area contributed by atoms with E-state index in [0.717, 1.165) is 0 Å². The van der Waals surface area contributed by atoms with Crippen LogP contribution in [0.1, 0.15) is 33.3 Å². The van der Waals surface area contributed by atoms with Crippen LogP contribution in [0.25, 0.3) is 0 Å². The summed E-state index contributed by atoms with van der Waals surface area (Å²) in [6, 6.07) is 9.40. The predicted octanol–water partition coefficient (Wildman–Crippen LogP) is 1.64. The van der Waals surface area contributed by atoms with E-state index in [0.29, 0.717) is 16.7 Å². The molecule has 3 N–H and O–H groups in total. The Balaban J connectivity index is 1.91. The predicted molar refractivity (Wildman–Crippen MR) is 106 cm³/mol. The summed E-state index contributed by atoms with van der Waals surface area (Å²) in [5.74, 6) is -0.138. The number of hydrogen-bond donors (Lipinski definition) is 2. The summed E-state index contributed by atoms with van der Waals surface area (Å²) in [6.45, 7) is 7.62. The molecule has 0 radical (unpaired) electrons. The molecule has 3 rings (SSSR count). The number of nitrogens with two attached hydrogens (primary N) is 1. The minimum Gasteiger partial charge on any atom is -0.399 e. The third-order valence-corrected chi connectivity index (χ3v) is 6.39. The molecule has 8 nitrogen and oxygen atoms in total. The molecule has 1 fully saturated rings. The fraction of sp³-hybridized carbons (Fsp3) is 0.333. The second-order valence-corrected chi connectivity index (χ2v) is 9.19. The number of nitriles is 1. The Kier molecular flexibility index (Phi) is 4.87. The van der Waals surface area contributed by atoms with Crippen LogP contribution >= 0.6 is 0 Å². The third kappa shape index (κ3) is 3.69. The molecule has 1 aromatic carbocycles. The number of sulfonamides is 1. The van der Waals surface area contributed by atoms with E-state index in [2.05, 4.69) is 9.71 Å². The van der Waals surface area contributed by atoms with Gasteiger partial charge in [-0.2, -0.15) is 5.26 Å². The van der Waals surface area contributed by atoms with E-state index in [-0.39, 0.29) is 10.7 Å². The van der Waals surface area contributed by atoms with E-state index in [1.54, 1.807) is 0 Å². The van der Waals surface area contributed by atoms with Gasteiger partial charge in [-0.3, -0.25) is 4.72 Å². The average molecular weight is 400 g/mol. The molecule has 1 aromatic heterocycles. The molecular formula is C18H21BN4O4S. The maximum absolute atomic E-state index is 12.8. The number of anilines is 2. The number of aromatic nitrogens is 1. The first-order chi connectivity index (χ1) is 12.9. The first-order valence-corrected chi connectivity index (χ1v) is 10.1. The maximum Gasteiger partial charge on any atom is 0.496 e. The number of nitrogen functional groups attached to an aromatic ring is 1. The van der Waals surface area contributed by atoms with Crippen LogP contribution in [-0.4, -0.2) is 31.7 Å². The van der Waals surface area contributed by atoms with Gasteiger partial charge in [0.1, 0.15) is 10.7 Å². The first-order valence-electron chi connectivity index (χ1n) is 8.59. The highest BCUT2D eigenvalue weighted by molar-refractivity contribution is 7.92. The van der Waals surface area contributed by atoms with Gasteiger partial charge < -0.3 is 15.0 Å². The highest BCUT2D eigenvalue weighted by Gasteiger charge is 2.52. The molecule has 0 spiro atoms. The van der Waals surface area contributed by atoms with Gasteiger partial charge in [0.15, 0.2) is 0 Å². The molecule has 0 saturated carbocycles. The van der Waals surface area contributed by atoms with E-state index in [9.17, 15) is 8.42 Å². The smallest absolute Gasteiger partial charge is 0.399 e. The van der Waals surface area contributed by atoms with Crippen molar-refractivity contribution in [2.24, 2.45) is 0 Å². The van der Waals surface area contributed by atoms with E-state index >= 15 is 0 Å². The second kappa shape index (κ2) is 6.77. The van der Waals surface area contributed by atoms with Crippen LogP contribution in [0.15, 0.2) is 41.4 Å². The Bertz CT molecular complexity index is 1030. The number of hydrogen-bond acceptors (Lipinski definition) is 7. The minimum absolute atomic E-state index is 0.138. The van der Waals surface area contributed by atoms with Crippen molar-refractivity contribution in [1.29, 1.82) is 5.26 Å². The lowest BCUT2D eigenvalue weighted by Crippen LogP contribution is -2.41. The fourth-order valence-electron chi connectivity index (χ4n) is 2.62. The molecule has 2 aromatic rings. The number of nitrogens with one attached hydrogen (secondary N) is 1. The van der Waals surface area contributed by atoms with Crippen LogP contribution in [0, 0.1) is 11.3 Å². The molecule has 0 unspecified atom stereocenters. The van der Waals surface area contributed by atoms with Gasteiger partial charge in [0.2, 0.25) is 0 Å². The monoisotopic (exact) mass is 400 g/mol. The van der Waals surface area contributed by atoms with Crippen LogP contribution in [0.4, 0.5) is 11.5 Å². The van der Waals surface area contributed by atoms with Crippen molar-refractivity contribution in [3.05, 3.63) is 42.1 Å². The van der Waals surface area contributed by atoms with Gasteiger partial charge in [0.05, 0.1) is 22.8 Å². The quantitative estimate of drug-likeness (QED) is 0.747. The Morgan fingerprint density at radius 2 is 1.71 bits per heavy atom. The maximum atomic E-state index is 12.8. The fourth-order valence-corrected chi connectivity index (χ4v) is 3.79. The van der Waals surface area contributed by atoms with Crippen molar-refractivity contribution in [2.75, 3.05) is 10.5 Å². The highest BCUT2D eigenvalue weighted by Crippen LogP contribution is 2.36. The molecular weight excluding hydrogens is 379 g/mol. The molecule has 146 valence electrons. The number of benzene rings is 1. The first kappa shape index (κ1) is 20.1. The van der Waals surface area contributed by atoms with Crippen molar-refractivity contribution in [1.82, 2.24) is 4.98 Å². The molecule has 10 heteroatoms. The number of nitrogens with zero attached hydrogens (tertiary/aromatic N) is 2. The molecule has 0 atom stereocenters. The van der Waals surface area contributed by atoms with Crippen molar-refractivity contribution in [2.45, 2.75) is 43.8 Å². The van der Waals surface area contributed by atoms with Gasteiger partial charge >= 0.3 is 7.12 Å². The molecule has 0 bridgehead atoms. The zero-order valence-corrected chi connectivity index (χ0v) is 16.9. The lowest BCUT2D eigenvalue weighted by Gasteiger charge is -2.32. The largest absolute Gasteiger partial charge is 0.496 e. The second-order valence-electron chi connectivity index (χ2n) is 7.53. The highest BCUT2D eigenvalue weighted by atomic mass is 32.2. The van der Waals surface area contributed by atoms with Crippen molar-refractivity contribution < 1.29 is 17.7 Å². The van der Waals surface area contributed by atoms with E-state index in [1.165, 1.54) is 36.5 Å². The molecule has 0 amide bonds. The molecule has 2 heterocycles. The van der Waals surface area contributed by atoms with Gasteiger partial charge in [-0.15, -0.1) is 0 Å². The van der Waals surface area contributed by atoms with Crippen molar-refractivity contribution in [3.8, 4) is 6.07 Å². The summed E-state index contributed by atoms with van der Waals surface area (Å²) in [4.78, 5) is 3.83. The van der Waals surface area contributed by atoms with Gasteiger partial charge in [0, 0.05) is 17.3 Å². The summed E-state index contributed by atoms with van der Waals surface area (Å²) in [6.07, 6.45) is 1.44. The lowest BCUT2D eigenvalue weighted by molar-refractivity contribution is 0.00578. The Morgan fingerprint density at radius 3 is 2.25 bits per heavy atom. The summed E-state index contributed by atoms with van der Waals surface area (Å²) in [5, 5.41) is 8.85. The summed E-state index contributed by atoms with van der Waals surface area (Å²) < 4.78 is 40.0. The molecule has 1 aliphatic heterocycles. The zero-order valence-electron chi connectivity index (χ0n) is 16.1. The van der Waals surface area contributed by atoms with Crippen LogP contribution in [-0.2, 0) is 19.3 Å². The van der Waals surface area contributed by atoms with Gasteiger partial charge in [0.25, 0.3) is 10.0 Å². The normalized spacial score (nSPS) is 17.9. The van der Waals surface area contributed by atoms with Crippen LogP contribution < -0.4 is 15.9 Å². The van der Waals surface area contributed by atoms with E-state index in [1.807, 2.05) is 33.8 Å². The third-order valence-electron chi connectivity index (χ3n) is 4.98. The average Bonchev–Trinajstić information content (AvgIpc) is 2.83. The van der Waals surface area contributed by atoms with Gasteiger partial charge in [-0.05, 0) is 58.0 Å². The van der Waals surface area contributed by atoms with Crippen molar-refractivity contribution in [3.63, 3.8) is 0 Å². The van der Waals surface area contributed by atoms with Crippen LogP contribution in [0.5, 0.6) is 0 Å². The lowest BCUT2D eigenvalue weighted by atomic mass is 9.80. The van der Waals surface area contributed by atoms with Crippen LogP contribution in [0.3, 0.4) is 0 Å². The van der Waals surface area contributed by atoms with Crippen LogP contribution in [0.2, 0.25) is 0 Å². The standard InChI is InChI=1S/C18H21BN4O4S/c1-17(2)18(3,4)27-19(26-17)13-9-15(16(21)22-11-13)28(24,25)23-14-7-5-12(10-20)6-8-14/h5-9,11,23H,1-4H3,(H2,21,22). The molecule has 0 aliphatic carbocycles. The van der Waals surface area contributed by atoms with Gasteiger partial charge in [-0.1, -0.05) is 0 Å². The zero-order chi connectivity index (χ0) is 20.7. The Morgan fingerprint density at radius 1 is 1.14 bits per heavy atom.